The number of likely N-dealkylation sites (tertiary alicyclic amines) is 1. The van der Waals surface area contributed by atoms with Gasteiger partial charge in [0.05, 0.1) is 0 Å². The molecule has 0 spiro atoms. The summed E-state index contributed by atoms with van der Waals surface area (Å²) in [5, 5.41) is 5.41. The maximum absolute atomic E-state index is 12.4. The fraction of sp³-hybridized carbons (Fsp3) is 0.529. The summed E-state index contributed by atoms with van der Waals surface area (Å²) in [6, 6.07) is 2.13. The van der Waals surface area contributed by atoms with Gasteiger partial charge in [0.1, 0.15) is 12.1 Å². The van der Waals surface area contributed by atoms with Gasteiger partial charge in [-0.1, -0.05) is 0 Å². The molecule has 2 aromatic rings. The summed E-state index contributed by atoms with van der Waals surface area (Å²) in [6.45, 7) is 3.54. The van der Waals surface area contributed by atoms with Crippen LogP contribution in [0.4, 0.5) is 15.7 Å². The predicted molar refractivity (Wildman–Crippen MR) is 95.9 cm³/mol. The number of carbonyl (C=O) groups is 1. The van der Waals surface area contributed by atoms with Gasteiger partial charge in [-0.15, -0.1) is 11.3 Å². The highest BCUT2D eigenvalue weighted by molar-refractivity contribution is 7.13. The van der Waals surface area contributed by atoms with Crippen LogP contribution in [0.15, 0.2) is 24.0 Å². The highest BCUT2D eigenvalue weighted by atomic mass is 32.1. The largest absolute Gasteiger partial charge is 0.356 e. The Labute approximate surface area is 150 Å². The van der Waals surface area contributed by atoms with Crippen LogP contribution >= 0.6 is 11.3 Å². The molecule has 1 N–H and O–H groups in total. The van der Waals surface area contributed by atoms with E-state index in [9.17, 15) is 4.79 Å². The number of nitrogens with zero attached hydrogens (tertiary/aromatic N) is 5. The molecule has 2 aliphatic heterocycles. The van der Waals surface area contributed by atoms with Crippen molar-refractivity contribution in [2.24, 2.45) is 11.8 Å². The van der Waals surface area contributed by atoms with Crippen LogP contribution in [0.25, 0.3) is 0 Å². The molecule has 1 saturated carbocycles. The number of carbonyl (C=O) groups excluding carboxylic acids is 1. The van der Waals surface area contributed by atoms with Crippen LogP contribution in [0, 0.1) is 11.8 Å². The Balaban J connectivity index is 1.22. The lowest BCUT2D eigenvalue weighted by molar-refractivity contribution is 0.219. The average molecular weight is 356 g/mol. The molecule has 4 heterocycles. The lowest BCUT2D eigenvalue weighted by Gasteiger charge is -2.22. The second-order valence-electron chi connectivity index (χ2n) is 7.17. The van der Waals surface area contributed by atoms with E-state index in [1.54, 1.807) is 12.5 Å². The first-order chi connectivity index (χ1) is 12.3. The van der Waals surface area contributed by atoms with Gasteiger partial charge in [-0.3, -0.25) is 5.32 Å². The molecule has 2 unspecified atom stereocenters. The van der Waals surface area contributed by atoms with E-state index < -0.39 is 0 Å². The molecule has 2 aromatic heterocycles. The van der Waals surface area contributed by atoms with E-state index >= 15 is 0 Å². The zero-order valence-electron chi connectivity index (χ0n) is 13.8. The van der Waals surface area contributed by atoms with Gasteiger partial charge in [-0.25, -0.2) is 19.7 Å². The van der Waals surface area contributed by atoms with Gasteiger partial charge < -0.3 is 9.80 Å². The molecule has 2 saturated heterocycles. The number of anilines is 2. The summed E-state index contributed by atoms with van der Waals surface area (Å²) in [6.07, 6.45) is 5.91. The Kier molecular flexibility index (Phi) is 3.58. The van der Waals surface area contributed by atoms with Crippen molar-refractivity contribution in [3.05, 3.63) is 29.7 Å². The van der Waals surface area contributed by atoms with E-state index in [-0.39, 0.29) is 6.03 Å². The number of hydrogen-bond acceptors (Lipinski definition) is 6. The topological polar surface area (TPSA) is 74.2 Å². The number of hydrogen-bond donors (Lipinski definition) is 1. The molecule has 2 amide bonds. The highest BCUT2D eigenvalue weighted by Crippen LogP contribution is 2.40. The zero-order chi connectivity index (χ0) is 16.8. The summed E-state index contributed by atoms with van der Waals surface area (Å²) in [7, 11) is 0. The number of nitrogens with one attached hydrogen (secondary N) is 1. The molecule has 0 radical (unpaired) electrons. The Morgan fingerprint density at radius 2 is 1.92 bits per heavy atom. The van der Waals surface area contributed by atoms with Crippen LogP contribution in [0.1, 0.15) is 24.5 Å². The molecule has 7 nitrogen and oxygen atoms in total. The van der Waals surface area contributed by atoms with Crippen LogP contribution in [0.2, 0.25) is 0 Å². The van der Waals surface area contributed by atoms with Gasteiger partial charge in [0.2, 0.25) is 0 Å². The standard InChI is InChI=1S/C17H20N6OS/c24-17(21-16-18-3-4-25-16)23-8-12-6-22(7-13(12)9-23)15-5-14(11-1-2-11)19-10-20-15/h3-5,10-13H,1-2,6-9H2,(H,18,21,24). The van der Waals surface area contributed by atoms with Gasteiger partial charge >= 0.3 is 6.03 Å². The van der Waals surface area contributed by atoms with Crippen molar-refractivity contribution in [1.82, 2.24) is 19.9 Å². The summed E-state index contributed by atoms with van der Waals surface area (Å²) >= 11 is 1.45. The van der Waals surface area contributed by atoms with Crippen molar-refractivity contribution in [2.45, 2.75) is 18.8 Å². The maximum Gasteiger partial charge on any atom is 0.323 e. The van der Waals surface area contributed by atoms with Crippen molar-refractivity contribution >= 4 is 28.3 Å². The third-order valence-electron chi connectivity index (χ3n) is 5.41. The van der Waals surface area contributed by atoms with Crippen molar-refractivity contribution in [2.75, 3.05) is 36.4 Å². The summed E-state index contributed by atoms with van der Waals surface area (Å²) < 4.78 is 0. The molecule has 0 bridgehead atoms. The molecule has 25 heavy (non-hydrogen) atoms. The smallest absolute Gasteiger partial charge is 0.323 e. The Hall–Kier alpha value is -2.22. The van der Waals surface area contributed by atoms with E-state index in [2.05, 4.69) is 31.2 Å². The third kappa shape index (κ3) is 2.95. The first kappa shape index (κ1) is 15.1. The molecule has 2 atom stereocenters. The lowest BCUT2D eigenvalue weighted by atomic mass is 10.0. The quantitative estimate of drug-likeness (QED) is 0.914. The first-order valence-corrected chi connectivity index (χ1v) is 9.66. The van der Waals surface area contributed by atoms with E-state index in [0.717, 1.165) is 32.0 Å². The van der Waals surface area contributed by atoms with Crippen LogP contribution in [-0.2, 0) is 0 Å². The first-order valence-electron chi connectivity index (χ1n) is 8.78. The van der Waals surface area contributed by atoms with Gasteiger partial charge in [0.15, 0.2) is 5.13 Å². The maximum atomic E-state index is 12.4. The van der Waals surface area contributed by atoms with Gasteiger partial charge in [-0.05, 0) is 12.8 Å². The fourth-order valence-corrected chi connectivity index (χ4v) is 4.46. The molecule has 3 fully saturated rings. The van der Waals surface area contributed by atoms with Crippen LogP contribution in [0.3, 0.4) is 0 Å². The van der Waals surface area contributed by atoms with E-state index in [4.69, 9.17) is 0 Å². The number of urea groups is 1. The van der Waals surface area contributed by atoms with Crippen molar-refractivity contribution in [3.8, 4) is 0 Å². The van der Waals surface area contributed by atoms with E-state index in [0.29, 0.717) is 22.9 Å². The van der Waals surface area contributed by atoms with Crippen LogP contribution in [-0.4, -0.2) is 52.1 Å². The van der Waals surface area contributed by atoms with Gasteiger partial charge in [0, 0.05) is 67.3 Å². The molecule has 1 aliphatic carbocycles. The second kappa shape index (κ2) is 5.94. The Morgan fingerprint density at radius 3 is 2.60 bits per heavy atom. The van der Waals surface area contributed by atoms with Gasteiger partial charge in [-0.2, -0.15) is 0 Å². The predicted octanol–water partition coefficient (Wildman–Crippen LogP) is 2.41. The SMILES string of the molecule is O=C(Nc1nccs1)N1CC2CN(c3cc(C4CC4)ncn3)CC2C1. The number of amides is 2. The molecule has 0 aromatic carbocycles. The third-order valence-corrected chi connectivity index (χ3v) is 6.10. The molecule has 8 heteroatoms. The minimum atomic E-state index is -0.0334. The van der Waals surface area contributed by atoms with E-state index in [1.807, 2.05) is 10.3 Å². The average Bonchev–Trinajstić information content (AvgIpc) is 3.01. The molecular weight excluding hydrogens is 336 g/mol. The van der Waals surface area contributed by atoms with Crippen molar-refractivity contribution in [1.29, 1.82) is 0 Å². The fourth-order valence-electron chi connectivity index (χ4n) is 3.94. The summed E-state index contributed by atoms with van der Waals surface area (Å²) in [4.78, 5) is 29.7. The molecule has 3 aliphatic rings. The summed E-state index contributed by atoms with van der Waals surface area (Å²) in [5.74, 6) is 2.72. The zero-order valence-corrected chi connectivity index (χ0v) is 14.7. The summed E-state index contributed by atoms with van der Waals surface area (Å²) in [5.41, 5.74) is 1.19. The monoisotopic (exact) mass is 356 g/mol. The number of rotatable bonds is 3. The second-order valence-corrected chi connectivity index (χ2v) is 8.07. The lowest BCUT2D eigenvalue weighted by Crippen LogP contribution is -2.36. The van der Waals surface area contributed by atoms with Crippen LogP contribution < -0.4 is 10.2 Å². The normalized spacial score (nSPS) is 25.3. The molecule has 130 valence electrons. The Morgan fingerprint density at radius 1 is 1.12 bits per heavy atom. The van der Waals surface area contributed by atoms with Gasteiger partial charge in [0.25, 0.3) is 0 Å². The molecular formula is C17H20N6OS. The number of aromatic nitrogens is 3. The van der Waals surface area contributed by atoms with Crippen molar-refractivity contribution < 1.29 is 4.79 Å². The van der Waals surface area contributed by atoms with Crippen LogP contribution in [0.5, 0.6) is 0 Å². The number of fused-ring (bicyclic) bond motifs is 1. The minimum absolute atomic E-state index is 0.0334. The highest BCUT2D eigenvalue weighted by Gasteiger charge is 2.42. The molecule has 5 rings (SSSR count). The Bertz CT molecular complexity index is 763. The minimum Gasteiger partial charge on any atom is -0.356 e. The number of thiazole rings is 1. The van der Waals surface area contributed by atoms with Crippen molar-refractivity contribution in [3.63, 3.8) is 0 Å². The van der Waals surface area contributed by atoms with E-state index in [1.165, 1.54) is 29.9 Å².